The van der Waals surface area contributed by atoms with Crippen LogP contribution in [0.1, 0.15) is 62.1 Å². The van der Waals surface area contributed by atoms with Crippen LogP contribution in [-0.4, -0.2) is 49.7 Å². The zero-order chi connectivity index (χ0) is 37.7. The molecule has 12 nitrogen and oxygen atoms in total. The SMILES string of the molecule is COc1ccc(NC(=O)c2ccc3c(c2)C(=O)N(c2cccc4c(N5C(=O)c6ccc(C(=O)Nc7ccc(OC)cc7)cc6C5=O)cccc24)C3=O)cc1. The molecule has 0 saturated carbocycles. The zero-order valence-corrected chi connectivity index (χ0v) is 28.7. The Morgan fingerprint density at radius 1 is 0.463 bits per heavy atom. The monoisotopic (exact) mass is 716 g/mol. The molecule has 0 bridgehead atoms. The van der Waals surface area contributed by atoms with Gasteiger partial charge in [-0.2, -0.15) is 0 Å². The third-order valence-electron chi connectivity index (χ3n) is 9.35. The lowest BCUT2D eigenvalue weighted by molar-refractivity contribution is 0.0910. The van der Waals surface area contributed by atoms with E-state index in [4.69, 9.17) is 9.47 Å². The van der Waals surface area contributed by atoms with Crippen LogP contribution in [0.15, 0.2) is 121 Å². The average molecular weight is 717 g/mol. The molecule has 6 aromatic carbocycles. The van der Waals surface area contributed by atoms with Gasteiger partial charge < -0.3 is 20.1 Å². The molecule has 0 aromatic heterocycles. The highest BCUT2D eigenvalue weighted by Gasteiger charge is 2.40. The summed E-state index contributed by atoms with van der Waals surface area (Å²) in [6.07, 6.45) is 0. The highest BCUT2D eigenvalue weighted by Crippen LogP contribution is 2.40. The smallest absolute Gasteiger partial charge is 0.266 e. The van der Waals surface area contributed by atoms with E-state index in [0.717, 1.165) is 9.80 Å². The largest absolute Gasteiger partial charge is 0.497 e. The van der Waals surface area contributed by atoms with Crippen LogP contribution in [0.5, 0.6) is 11.5 Å². The molecule has 0 spiro atoms. The number of carbonyl (C=O) groups is 6. The van der Waals surface area contributed by atoms with Crippen LogP contribution in [0.3, 0.4) is 0 Å². The van der Waals surface area contributed by atoms with Gasteiger partial charge in [-0.3, -0.25) is 28.8 Å². The number of anilines is 4. The van der Waals surface area contributed by atoms with Gasteiger partial charge in [0.1, 0.15) is 11.5 Å². The van der Waals surface area contributed by atoms with Crippen molar-refractivity contribution in [2.45, 2.75) is 0 Å². The van der Waals surface area contributed by atoms with E-state index in [2.05, 4.69) is 10.6 Å². The molecule has 12 heteroatoms. The molecule has 0 saturated heterocycles. The van der Waals surface area contributed by atoms with Gasteiger partial charge >= 0.3 is 0 Å². The minimum Gasteiger partial charge on any atom is -0.497 e. The Labute approximate surface area is 307 Å². The second-order valence-corrected chi connectivity index (χ2v) is 12.4. The van der Waals surface area contributed by atoms with E-state index in [9.17, 15) is 28.8 Å². The molecular weight excluding hydrogens is 688 g/mol. The molecule has 0 atom stereocenters. The fourth-order valence-electron chi connectivity index (χ4n) is 6.62. The van der Waals surface area contributed by atoms with E-state index in [1.54, 1.807) is 84.9 Å². The Morgan fingerprint density at radius 3 is 1.20 bits per heavy atom. The third-order valence-corrected chi connectivity index (χ3v) is 9.35. The van der Waals surface area contributed by atoms with Gasteiger partial charge in [0, 0.05) is 33.3 Å². The highest BCUT2D eigenvalue weighted by molar-refractivity contribution is 6.38. The first kappa shape index (κ1) is 33.5. The quantitative estimate of drug-likeness (QED) is 0.161. The summed E-state index contributed by atoms with van der Waals surface area (Å²) in [6, 6.07) is 31.9. The highest BCUT2D eigenvalue weighted by atomic mass is 16.5. The topological polar surface area (TPSA) is 151 Å². The Hall–Kier alpha value is -7.60. The molecule has 264 valence electrons. The van der Waals surface area contributed by atoms with Crippen molar-refractivity contribution in [2.75, 3.05) is 34.7 Å². The molecular formula is C42H28N4O8. The number of nitrogens with zero attached hydrogens (tertiary/aromatic N) is 2. The van der Waals surface area contributed by atoms with Crippen molar-refractivity contribution >= 4 is 69.0 Å². The predicted octanol–water partition coefficient (Wildman–Crippen LogP) is 6.96. The number of carbonyl (C=O) groups excluding carboxylic acids is 6. The van der Waals surface area contributed by atoms with Crippen molar-refractivity contribution in [1.82, 2.24) is 0 Å². The molecule has 0 radical (unpaired) electrons. The molecule has 2 aliphatic rings. The Balaban J connectivity index is 1.07. The molecule has 2 heterocycles. The zero-order valence-electron chi connectivity index (χ0n) is 28.7. The van der Waals surface area contributed by atoms with Crippen LogP contribution in [0.25, 0.3) is 10.8 Å². The molecule has 2 N–H and O–H groups in total. The van der Waals surface area contributed by atoms with E-state index in [-0.39, 0.29) is 44.8 Å². The van der Waals surface area contributed by atoms with E-state index < -0.39 is 35.4 Å². The number of rotatable bonds is 8. The second-order valence-electron chi connectivity index (χ2n) is 12.4. The van der Waals surface area contributed by atoms with E-state index in [1.165, 1.54) is 50.6 Å². The predicted molar refractivity (Wildman–Crippen MR) is 201 cm³/mol. The fraction of sp³-hybridized carbons (Fsp3) is 0.0476. The van der Waals surface area contributed by atoms with Gasteiger partial charge in [-0.15, -0.1) is 0 Å². The van der Waals surface area contributed by atoms with Crippen LogP contribution in [0.2, 0.25) is 0 Å². The summed E-state index contributed by atoms with van der Waals surface area (Å²) >= 11 is 0. The van der Waals surface area contributed by atoms with E-state index >= 15 is 0 Å². The second kappa shape index (κ2) is 13.2. The fourth-order valence-corrected chi connectivity index (χ4v) is 6.62. The van der Waals surface area contributed by atoms with Gasteiger partial charge in [-0.1, -0.05) is 24.3 Å². The molecule has 54 heavy (non-hydrogen) atoms. The maximum Gasteiger partial charge on any atom is 0.266 e. The van der Waals surface area contributed by atoms with Crippen LogP contribution in [0, 0.1) is 0 Å². The van der Waals surface area contributed by atoms with Gasteiger partial charge in [-0.05, 0) is 97.1 Å². The lowest BCUT2D eigenvalue weighted by Crippen LogP contribution is -2.30. The van der Waals surface area contributed by atoms with E-state index in [1.807, 2.05) is 0 Å². The number of imide groups is 2. The number of ether oxygens (including phenoxy) is 2. The number of methoxy groups -OCH3 is 2. The number of hydrogen-bond donors (Lipinski definition) is 2. The Kier molecular flexibility index (Phi) is 8.19. The van der Waals surface area contributed by atoms with Crippen molar-refractivity contribution in [2.24, 2.45) is 0 Å². The molecule has 6 amide bonds. The van der Waals surface area contributed by atoms with Crippen LogP contribution >= 0.6 is 0 Å². The van der Waals surface area contributed by atoms with Gasteiger partial charge in [0.25, 0.3) is 35.4 Å². The number of nitrogens with one attached hydrogen (secondary N) is 2. The summed E-state index contributed by atoms with van der Waals surface area (Å²) in [4.78, 5) is 83.5. The van der Waals surface area contributed by atoms with Crippen molar-refractivity contribution in [3.05, 3.63) is 155 Å². The van der Waals surface area contributed by atoms with Crippen LogP contribution < -0.4 is 29.9 Å². The lowest BCUT2D eigenvalue weighted by atomic mass is 10.0. The lowest BCUT2D eigenvalue weighted by Gasteiger charge is -2.20. The molecule has 0 unspecified atom stereocenters. The Morgan fingerprint density at radius 2 is 0.833 bits per heavy atom. The summed E-state index contributed by atoms with van der Waals surface area (Å²) in [5, 5.41) is 6.41. The average Bonchev–Trinajstić information content (AvgIpc) is 3.60. The summed E-state index contributed by atoms with van der Waals surface area (Å²) in [5.74, 6) is -2.13. The maximum atomic E-state index is 13.9. The molecule has 6 aromatic rings. The van der Waals surface area contributed by atoms with Gasteiger partial charge in [0.15, 0.2) is 0 Å². The first-order valence-electron chi connectivity index (χ1n) is 16.6. The Bertz CT molecular complexity index is 2420. The van der Waals surface area contributed by atoms with Gasteiger partial charge in [0.2, 0.25) is 0 Å². The third kappa shape index (κ3) is 5.58. The summed E-state index contributed by atoms with van der Waals surface area (Å²) in [6.45, 7) is 0. The van der Waals surface area contributed by atoms with Gasteiger partial charge in [-0.25, -0.2) is 9.80 Å². The van der Waals surface area contributed by atoms with Crippen molar-refractivity contribution < 1.29 is 38.2 Å². The first-order chi connectivity index (χ1) is 26.2. The minimum absolute atomic E-state index is 0.0581. The van der Waals surface area contributed by atoms with Gasteiger partial charge in [0.05, 0.1) is 47.8 Å². The van der Waals surface area contributed by atoms with Crippen molar-refractivity contribution in [3.63, 3.8) is 0 Å². The normalized spacial score (nSPS) is 13.2. The standard InChI is InChI=1S/C42H28N4O8/c1-53-27-15-11-25(12-16-27)43-37(47)23-9-19-31-33(21-23)41(51)45(39(31)49)35-7-3-6-30-29(35)5-4-8-36(30)46-40(50)32-20-10-24(22-34(32)42(46)52)38(48)44-26-13-17-28(54-2)18-14-26/h3-22H,1-2H3,(H,43,47)(H,44,48). The van der Waals surface area contributed by atoms with Crippen molar-refractivity contribution in [3.8, 4) is 11.5 Å². The first-order valence-corrected chi connectivity index (χ1v) is 16.6. The maximum absolute atomic E-state index is 13.9. The molecule has 2 aliphatic heterocycles. The number of amides is 6. The molecule has 8 rings (SSSR count). The summed E-state index contributed by atoms with van der Waals surface area (Å²) in [7, 11) is 3.08. The van der Waals surface area contributed by atoms with Crippen molar-refractivity contribution in [1.29, 1.82) is 0 Å². The number of fused-ring (bicyclic) bond motifs is 3. The summed E-state index contributed by atoms with van der Waals surface area (Å²) < 4.78 is 10.3. The summed E-state index contributed by atoms with van der Waals surface area (Å²) in [5.41, 5.74) is 2.24. The van der Waals surface area contributed by atoms with E-state index in [0.29, 0.717) is 33.6 Å². The number of hydrogen-bond acceptors (Lipinski definition) is 8. The van der Waals surface area contributed by atoms with Crippen LogP contribution in [-0.2, 0) is 0 Å². The minimum atomic E-state index is -0.631. The number of benzene rings is 6. The molecule has 0 aliphatic carbocycles. The van der Waals surface area contributed by atoms with Crippen LogP contribution in [0.4, 0.5) is 22.7 Å². The molecule has 0 fully saturated rings.